The van der Waals surface area contributed by atoms with Gasteiger partial charge in [-0.15, -0.1) is 13.2 Å². The van der Waals surface area contributed by atoms with Crippen LogP contribution in [0.3, 0.4) is 0 Å². The molecule has 0 amide bonds. The molecule has 0 radical (unpaired) electrons. The van der Waals surface area contributed by atoms with E-state index in [4.69, 9.17) is 11.0 Å². The largest absolute Gasteiger partial charge is 0.574 e. The second kappa shape index (κ2) is 5.79. The molecule has 0 atom stereocenters. The van der Waals surface area contributed by atoms with Gasteiger partial charge in [-0.2, -0.15) is 5.26 Å². The third-order valence-electron chi connectivity index (χ3n) is 2.10. The second-order valence-electron chi connectivity index (χ2n) is 3.37. The Morgan fingerprint density at radius 2 is 2.05 bits per heavy atom. The molecule has 1 aromatic rings. The van der Waals surface area contributed by atoms with Crippen LogP contribution >= 0.6 is 0 Å². The molecule has 0 spiro atoms. The topological polar surface area (TPSA) is 71.9 Å². The van der Waals surface area contributed by atoms with Crippen LogP contribution in [0, 0.1) is 11.3 Å². The molecule has 0 aliphatic rings. The number of pyridine rings is 1. The maximum absolute atomic E-state index is 12.8. The van der Waals surface area contributed by atoms with Gasteiger partial charge in [0.25, 0.3) is 6.43 Å². The number of hydrogen-bond donors (Lipinski definition) is 1. The van der Waals surface area contributed by atoms with Gasteiger partial charge in [0.2, 0.25) is 5.88 Å². The number of nitrogens with zero attached hydrogens (tertiary/aromatic N) is 2. The van der Waals surface area contributed by atoms with Crippen LogP contribution in [0.15, 0.2) is 6.07 Å². The number of hydrogen-bond acceptors (Lipinski definition) is 4. The third kappa shape index (κ3) is 4.03. The number of nitriles is 1. The molecule has 4 nitrogen and oxygen atoms in total. The lowest BCUT2D eigenvalue weighted by atomic mass is 10.0. The molecule has 0 aliphatic carbocycles. The van der Waals surface area contributed by atoms with E-state index in [1.807, 2.05) is 0 Å². The summed E-state index contributed by atoms with van der Waals surface area (Å²) in [5.74, 6) is -0.914. The quantitative estimate of drug-likeness (QED) is 0.860. The van der Waals surface area contributed by atoms with E-state index in [1.165, 1.54) is 0 Å². The summed E-state index contributed by atoms with van der Waals surface area (Å²) >= 11 is 0. The Bertz CT molecular complexity index is 495. The lowest BCUT2D eigenvalue weighted by Gasteiger charge is -2.14. The van der Waals surface area contributed by atoms with Crippen LogP contribution in [0.25, 0.3) is 0 Å². The van der Waals surface area contributed by atoms with Crippen molar-refractivity contribution in [2.45, 2.75) is 25.8 Å². The SMILES string of the molecule is N#CCc1cc(OC(F)(F)F)nc(CN)c1C(F)F. The highest BCUT2D eigenvalue weighted by atomic mass is 19.4. The van der Waals surface area contributed by atoms with Crippen LogP contribution < -0.4 is 10.5 Å². The Kier molecular flexibility index (Phi) is 4.61. The van der Waals surface area contributed by atoms with Crippen LogP contribution in [0.4, 0.5) is 22.0 Å². The first-order valence-electron chi connectivity index (χ1n) is 4.92. The van der Waals surface area contributed by atoms with Crippen molar-refractivity contribution in [3.8, 4) is 11.9 Å². The zero-order valence-electron chi connectivity index (χ0n) is 9.34. The van der Waals surface area contributed by atoms with Crippen molar-refractivity contribution in [2.75, 3.05) is 0 Å². The minimum Gasteiger partial charge on any atom is -0.388 e. The summed E-state index contributed by atoms with van der Waals surface area (Å²) in [5, 5.41) is 8.50. The molecule has 0 aromatic carbocycles. The molecule has 9 heteroatoms. The smallest absolute Gasteiger partial charge is 0.388 e. The molecule has 1 aromatic heterocycles. The fraction of sp³-hybridized carbons (Fsp3) is 0.400. The first-order valence-corrected chi connectivity index (χ1v) is 4.92. The molecule has 0 saturated heterocycles. The fourth-order valence-electron chi connectivity index (χ4n) is 1.46. The number of nitrogens with two attached hydrogens (primary N) is 1. The maximum Gasteiger partial charge on any atom is 0.574 e. The number of alkyl halides is 5. The van der Waals surface area contributed by atoms with Gasteiger partial charge in [0.15, 0.2) is 0 Å². The Morgan fingerprint density at radius 1 is 1.42 bits per heavy atom. The highest BCUT2D eigenvalue weighted by Gasteiger charge is 2.33. The normalized spacial score (nSPS) is 11.5. The van der Waals surface area contributed by atoms with Crippen LogP contribution in [0.5, 0.6) is 5.88 Å². The molecule has 0 aliphatic heterocycles. The van der Waals surface area contributed by atoms with Crippen LogP contribution in [0.1, 0.15) is 23.2 Å². The van der Waals surface area contributed by atoms with E-state index >= 15 is 0 Å². The van der Waals surface area contributed by atoms with Crippen molar-refractivity contribution in [1.82, 2.24) is 4.98 Å². The number of ether oxygens (including phenoxy) is 1. The molecule has 104 valence electrons. The molecule has 0 fully saturated rings. The van der Waals surface area contributed by atoms with Crippen molar-refractivity contribution in [2.24, 2.45) is 5.73 Å². The second-order valence-corrected chi connectivity index (χ2v) is 3.37. The molecular weight excluding hydrogens is 273 g/mol. The predicted octanol–water partition coefficient (Wildman–Crippen LogP) is 2.44. The summed E-state index contributed by atoms with van der Waals surface area (Å²) in [7, 11) is 0. The zero-order chi connectivity index (χ0) is 14.6. The van der Waals surface area contributed by atoms with Crippen molar-refractivity contribution in [3.05, 3.63) is 22.9 Å². The summed E-state index contributed by atoms with van der Waals surface area (Å²) in [6, 6.07) is 2.25. The Balaban J connectivity index is 3.32. The van der Waals surface area contributed by atoms with E-state index in [0.717, 1.165) is 0 Å². The van der Waals surface area contributed by atoms with Crippen molar-refractivity contribution in [1.29, 1.82) is 5.26 Å². The van der Waals surface area contributed by atoms with E-state index in [1.54, 1.807) is 6.07 Å². The van der Waals surface area contributed by atoms with Crippen molar-refractivity contribution >= 4 is 0 Å². The van der Waals surface area contributed by atoms with Gasteiger partial charge in [0.05, 0.1) is 18.2 Å². The van der Waals surface area contributed by atoms with Gasteiger partial charge >= 0.3 is 6.36 Å². The lowest BCUT2D eigenvalue weighted by molar-refractivity contribution is -0.276. The van der Waals surface area contributed by atoms with E-state index in [9.17, 15) is 22.0 Å². The van der Waals surface area contributed by atoms with Crippen LogP contribution in [0.2, 0.25) is 0 Å². The first kappa shape index (κ1) is 15.1. The lowest BCUT2D eigenvalue weighted by Crippen LogP contribution is -2.19. The number of halogens is 5. The predicted molar refractivity (Wildman–Crippen MR) is 53.1 cm³/mol. The van der Waals surface area contributed by atoms with Gasteiger partial charge in [-0.1, -0.05) is 0 Å². The summed E-state index contributed by atoms with van der Waals surface area (Å²) in [5.41, 5.74) is 3.83. The van der Waals surface area contributed by atoms with Crippen molar-refractivity contribution in [3.63, 3.8) is 0 Å². The van der Waals surface area contributed by atoms with Gasteiger partial charge in [0.1, 0.15) is 0 Å². The average Bonchev–Trinajstić information content (AvgIpc) is 2.25. The summed E-state index contributed by atoms with van der Waals surface area (Å²) in [6.45, 7) is -0.493. The summed E-state index contributed by atoms with van der Waals surface area (Å²) < 4.78 is 65.3. The molecular formula is C10H8F5N3O. The van der Waals surface area contributed by atoms with Crippen LogP contribution in [-0.4, -0.2) is 11.3 Å². The van der Waals surface area contributed by atoms with Gasteiger partial charge < -0.3 is 10.5 Å². The minimum atomic E-state index is -5.00. The van der Waals surface area contributed by atoms with E-state index < -0.39 is 42.9 Å². The first-order chi connectivity index (χ1) is 8.78. The van der Waals surface area contributed by atoms with Gasteiger partial charge in [-0.3, -0.25) is 0 Å². The summed E-state index contributed by atoms with van der Waals surface area (Å²) in [6.07, 6.45) is -8.49. The van der Waals surface area contributed by atoms with Crippen molar-refractivity contribution < 1.29 is 26.7 Å². The fourth-order valence-corrected chi connectivity index (χ4v) is 1.46. The Labute approximate surface area is 104 Å². The van der Waals surface area contributed by atoms with E-state index in [2.05, 4.69) is 9.72 Å². The average molecular weight is 281 g/mol. The van der Waals surface area contributed by atoms with E-state index in [-0.39, 0.29) is 5.56 Å². The van der Waals surface area contributed by atoms with Gasteiger partial charge in [-0.05, 0) is 5.56 Å². The molecule has 0 saturated carbocycles. The minimum absolute atomic E-state index is 0.285. The highest BCUT2D eigenvalue weighted by molar-refractivity contribution is 5.37. The molecule has 0 unspecified atom stereocenters. The Hall–Kier alpha value is -1.95. The molecule has 0 bridgehead atoms. The number of rotatable bonds is 4. The number of aromatic nitrogens is 1. The van der Waals surface area contributed by atoms with Crippen LogP contribution in [-0.2, 0) is 13.0 Å². The summed E-state index contributed by atoms with van der Waals surface area (Å²) in [4.78, 5) is 3.28. The van der Waals surface area contributed by atoms with E-state index in [0.29, 0.717) is 6.07 Å². The monoisotopic (exact) mass is 281 g/mol. The molecule has 1 rings (SSSR count). The van der Waals surface area contributed by atoms with Gasteiger partial charge in [-0.25, -0.2) is 13.8 Å². The molecule has 1 heterocycles. The highest BCUT2D eigenvalue weighted by Crippen LogP contribution is 2.30. The zero-order valence-corrected chi connectivity index (χ0v) is 9.34. The third-order valence-corrected chi connectivity index (χ3v) is 2.10. The maximum atomic E-state index is 12.8. The molecule has 2 N–H and O–H groups in total. The molecule has 19 heavy (non-hydrogen) atoms. The van der Waals surface area contributed by atoms with Gasteiger partial charge in [0, 0.05) is 18.2 Å². The Morgan fingerprint density at radius 3 is 2.47 bits per heavy atom. The standard InChI is InChI=1S/C10H8F5N3O/c11-9(12)8-5(1-2-16)3-7(18-6(8)4-17)19-10(13,14)15/h3,9H,1,4,17H2.